The van der Waals surface area contributed by atoms with Gasteiger partial charge in [-0.05, 0) is 30.4 Å². The summed E-state index contributed by atoms with van der Waals surface area (Å²) in [5.41, 5.74) is 1.16. The minimum Gasteiger partial charge on any atom is -0.358 e. The van der Waals surface area contributed by atoms with E-state index in [0.717, 1.165) is 29.5 Å². The van der Waals surface area contributed by atoms with E-state index in [1.54, 1.807) is 0 Å². The molecule has 1 atom stereocenters. The van der Waals surface area contributed by atoms with E-state index in [9.17, 15) is 0 Å². The second kappa shape index (κ2) is 6.58. The first kappa shape index (κ1) is 14.6. The van der Waals surface area contributed by atoms with Gasteiger partial charge in [0.15, 0.2) is 0 Å². The Kier molecular flexibility index (Phi) is 5.06. The van der Waals surface area contributed by atoms with Crippen LogP contribution in [0.1, 0.15) is 38.7 Å². The van der Waals surface area contributed by atoms with Gasteiger partial charge in [0.05, 0.1) is 5.02 Å². The second-order valence-corrected chi connectivity index (χ2v) is 6.11. The molecule has 19 heavy (non-hydrogen) atoms. The summed E-state index contributed by atoms with van der Waals surface area (Å²) in [6.45, 7) is 6.31. The highest BCUT2D eigenvalue weighted by molar-refractivity contribution is 6.33. The highest BCUT2D eigenvalue weighted by Crippen LogP contribution is 2.25. The molecule has 1 aromatic rings. The first-order valence-corrected chi connectivity index (χ1v) is 7.57. The molecule has 1 unspecified atom stereocenters. The molecule has 0 bridgehead atoms. The Bertz CT molecular complexity index is 418. The normalized spacial score (nSPS) is 16.4. The summed E-state index contributed by atoms with van der Waals surface area (Å²) in [7, 11) is 2.06. The van der Waals surface area contributed by atoms with Crippen LogP contribution in [0.2, 0.25) is 5.02 Å². The zero-order chi connectivity index (χ0) is 13.8. The molecule has 0 spiro atoms. The summed E-state index contributed by atoms with van der Waals surface area (Å²) in [6, 6.07) is 2.75. The minimum atomic E-state index is 0.652. The molecule has 0 radical (unpaired) electrons. The summed E-state index contributed by atoms with van der Waals surface area (Å²) in [5, 5.41) is 4.23. The maximum Gasteiger partial charge on any atom is 0.147 e. The molecule has 1 heterocycles. The van der Waals surface area contributed by atoms with Gasteiger partial charge in [-0.25, -0.2) is 4.98 Å². The van der Waals surface area contributed by atoms with Crippen molar-refractivity contribution in [3.63, 3.8) is 0 Å². The molecule has 1 saturated carbocycles. The van der Waals surface area contributed by atoms with Crippen molar-refractivity contribution in [3.8, 4) is 0 Å². The molecule has 0 amide bonds. The van der Waals surface area contributed by atoms with E-state index in [-0.39, 0.29) is 0 Å². The Morgan fingerprint density at radius 3 is 2.84 bits per heavy atom. The molecule has 1 N–H and O–H groups in total. The topological polar surface area (TPSA) is 28.2 Å². The fraction of sp³-hybridized carbons (Fsp3) is 0.667. The lowest BCUT2D eigenvalue weighted by atomic mass is 10.1. The minimum absolute atomic E-state index is 0.652. The molecule has 106 valence electrons. The van der Waals surface area contributed by atoms with Gasteiger partial charge in [0.1, 0.15) is 5.82 Å². The predicted octanol–water partition coefficient (Wildman–Crippen LogP) is 3.47. The fourth-order valence-electron chi connectivity index (χ4n) is 2.08. The molecule has 1 fully saturated rings. The Labute approximate surface area is 121 Å². The third-order valence-electron chi connectivity index (χ3n) is 3.69. The number of aromatic nitrogens is 1. The van der Waals surface area contributed by atoms with Gasteiger partial charge in [-0.3, -0.25) is 0 Å². The van der Waals surface area contributed by atoms with Crippen LogP contribution in [-0.4, -0.2) is 24.6 Å². The van der Waals surface area contributed by atoms with E-state index < -0.39 is 0 Å². The van der Waals surface area contributed by atoms with Crippen LogP contribution in [-0.2, 0) is 6.54 Å². The smallest absolute Gasteiger partial charge is 0.147 e. The molecule has 0 aliphatic heterocycles. The lowest BCUT2D eigenvalue weighted by Gasteiger charge is -2.23. The molecule has 3 nitrogen and oxygen atoms in total. The maximum atomic E-state index is 6.35. The monoisotopic (exact) mass is 281 g/mol. The van der Waals surface area contributed by atoms with Crippen LogP contribution in [0.25, 0.3) is 0 Å². The highest BCUT2D eigenvalue weighted by Gasteiger charge is 2.20. The Hall–Kier alpha value is -0.800. The maximum absolute atomic E-state index is 6.35. The number of anilines is 1. The molecule has 0 aromatic carbocycles. The van der Waals surface area contributed by atoms with Gasteiger partial charge in [-0.1, -0.05) is 31.9 Å². The van der Waals surface area contributed by atoms with E-state index >= 15 is 0 Å². The Morgan fingerprint density at radius 2 is 2.26 bits per heavy atom. The van der Waals surface area contributed by atoms with Crippen LogP contribution in [0, 0.1) is 5.92 Å². The van der Waals surface area contributed by atoms with Crippen LogP contribution in [0.3, 0.4) is 0 Å². The summed E-state index contributed by atoms with van der Waals surface area (Å²) in [6.07, 6.45) is 5.71. The average Bonchev–Trinajstić information content (AvgIpc) is 3.20. The quantitative estimate of drug-likeness (QED) is 0.829. The van der Waals surface area contributed by atoms with E-state index in [1.807, 2.05) is 12.3 Å². The lowest BCUT2D eigenvalue weighted by molar-refractivity contribution is 0.557. The van der Waals surface area contributed by atoms with Crippen molar-refractivity contribution in [1.82, 2.24) is 10.3 Å². The largest absolute Gasteiger partial charge is 0.358 e. The lowest BCUT2D eigenvalue weighted by Crippen LogP contribution is -2.25. The van der Waals surface area contributed by atoms with Crippen LogP contribution >= 0.6 is 11.6 Å². The van der Waals surface area contributed by atoms with Crippen molar-refractivity contribution in [1.29, 1.82) is 0 Å². The number of nitrogens with one attached hydrogen (secondary N) is 1. The summed E-state index contributed by atoms with van der Waals surface area (Å²) < 4.78 is 0. The van der Waals surface area contributed by atoms with Gasteiger partial charge in [-0.2, -0.15) is 0 Å². The zero-order valence-corrected chi connectivity index (χ0v) is 12.9. The molecule has 0 saturated heterocycles. The molecular weight excluding hydrogens is 258 g/mol. The standard InChI is InChI=1S/C15H24ClN3/c1-4-11(2)10-19(3)15-14(16)7-12(9-18-15)8-17-13-5-6-13/h7,9,11,13,17H,4-6,8,10H2,1-3H3. The van der Waals surface area contributed by atoms with Crippen LogP contribution in [0.4, 0.5) is 5.82 Å². The van der Waals surface area contributed by atoms with Crippen molar-refractivity contribution in [2.75, 3.05) is 18.5 Å². The summed E-state index contributed by atoms with van der Waals surface area (Å²) in [5.74, 6) is 1.54. The number of hydrogen-bond donors (Lipinski definition) is 1. The van der Waals surface area contributed by atoms with Crippen molar-refractivity contribution in [2.45, 2.75) is 45.7 Å². The molecule has 1 aliphatic carbocycles. The molecule has 1 aromatic heterocycles. The third-order valence-corrected chi connectivity index (χ3v) is 3.97. The number of pyridine rings is 1. The van der Waals surface area contributed by atoms with Gasteiger partial charge < -0.3 is 10.2 Å². The molecule has 2 rings (SSSR count). The van der Waals surface area contributed by atoms with Gasteiger partial charge >= 0.3 is 0 Å². The Morgan fingerprint density at radius 1 is 1.53 bits per heavy atom. The van der Waals surface area contributed by atoms with E-state index in [1.165, 1.54) is 19.3 Å². The van der Waals surface area contributed by atoms with Crippen molar-refractivity contribution >= 4 is 17.4 Å². The first-order valence-electron chi connectivity index (χ1n) is 7.19. The van der Waals surface area contributed by atoms with Crippen molar-refractivity contribution < 1.29 is 0 Å². The number of hydrogen-bond acceptors (Lipinski definition) is 3. The van der Waals surface area contributed by atoms with Crippen LogP contribution in [0.15, 0.2) is 12.3 Å². The van der Waals surface area contributed by atoms with Crippen LogP contribution in [0.5, 0.6) is 0 Å². The third kappa shape index (κ3) is 4.36. The van der Waals surface area contributed by atoms with E-state index in [2.05, 4.69) is 36.1 Å². The Balaban J connectivity index is 1.96. The summed E-state index contributed by atoms with van der Waals surface area (Å²) in [4.78, 5) is 6.67. The molecular formula is C15H24ClN3. The number of halogens is 1. The first-order chi connectivity index (χ1) is 9.10. The van der Waals surface area contributed by atoms with Crippen molar-refractivity contribution in [2.24, 2.45) is 5.92 Å². The highest BCUT2D eigenvalue weighted by atomic mass is 35.5. The van der Waals surface area contributed by atoms with E-state index in [4.69, 9.17) is 11.6 Å². The van der Waals surface area contributed by atoms with E-state index in [0.29, 0.717) is 12.0 Å². The summed E-state index contributed by atoms with van der Waals surface area (Å²) >= 11 is 6.35. The number of nitrogens with zero attached hydrogens (tertiary/aromatic N) is 2. The predicted molar refractivity (Wildman–Crippen MR) is 81.8 cm³/mol. The molecule has 4 heteroatoms. The number of rotatable bonds is 7. The van der Waals surface area contributed by atoms with Gasteiger partial charge in [0, 0.05) is 32.4 Å². The van der Waals surface area contributed by atoms with Gasteiger partial charge in [0.25, 0.3) is 0 Å². The van der Waals surface area contributed by atoms with Gasteiger partial charge in [0.2, 0.25) is 0 Å². The average molecular weight is 282 g/mol. The second-order valence-electron chi connectivity index (χ2n) is 5.70. The van der Waals surface area contributed by atoms with Crippen molar-refractivity contribution in [3.05, 3.63) is 22.8 Å². The fourth-order valence-corrected chi connectivity index (χ4v) is 2.41. The van der Waals surface area contributed by atoms with Crippen LogP contribution < -0.4 is 10.2 Å². The SMILES string of the molecule is CCC(C)CN(C)c1ncc(CNC2CC2)cc1Cl. The van der Waals surface area contributed by atoms with Gasteiger partial charge in [-0.15, -0.1) is 0 Å². The molecule has 1 aliphatic rings. The zero-order valence-electron chi connectivity index (χ0n) is 12.1.